The fourth-order valence-electron chi connectivity index (χ4n) is 0.886. The molecule has 0 saturated heterocycles. The van der Waals surface area contributed by atoms with Crippen LogP contribution < -0.4 is 5.11 Å². The molecule has 0 aliphatic heterocycles. The van der Waals surface area contributed by atoms with Crippen LogP contribution in [-0.2, 0) is 14.3 Å². The Balaban J connectivity index is 4.40. The van der Waals surface area contributed by atoms with Gasteiger partial charge >= 0.3 is 5.97 Å². The maximum Gasteiger partial charge on any atom is 0.333 e. The Morgan fingerprint density at radius 2 is 1.87 bits per heavy atom. The summed E-state index contributed by atoms with van der Waals surface area (Å²) in [6.45, 7) is 4.69. The van der Waals surface area contributed by atoms with Crippen LogP contribution in [0.25, 0.3) is 0 Å². The molecule has 1 unspecified atom stereocenters. The topological polar surface area (TPSA) is 66.4 Å². The molecule has 0 aliphatic rings. The van der Waals surface area contributed by atoms with Crippen LogP contribution in [0.15, 0.2) is 12.2 Å². The van der Waals surface area contributed by atoms with Crippen molar-refractivity contribution in [3.8, 4) is 0 Å². The Morgan fingerprint density at radius 1 is 1.40 bits per heavy atom. The lowest BCUT2D eigenvalue weighted by Crippen LogP contribution is -2.57. The molecule has 0 radical (unpaired) electrons. The second-order valence-corrected chi connectivity index (χ2v) is 4.33. The van der Waals surface area contributed by atoms with Gasteiger partial charge in [-0.05, 0) is 6.92 Å². The monoisotopic (exact) mass is 215 g/mol. The summed E-state index contributed by atoms with van der Waals surface area (Å²) in [5.41, 5.74) is 0.244. The van der Waals surface area contributed by atoms with Gasteiger partial charge in [-0.1, -0.05) is 6.58 Å². The number of hydrogen-bond donors (Lipinski definition) is 0. The van der Waals surface area contributed by atoms with Crippen molar-refractivity contribution in [2.45, 2.75) is 13.0 Å². The Labute approximate surface area is 89.5 Å². The average molecular weight is 215 g/mol. The first-order valence-electron chi connectivity index (χ1n) is 4.51. The van der Waals surface area contributed by atoms with Gasteiger partial charge in [0.05, 0.1) is 21.1 Å². The Bertz CT molecular complexity index is 278. The highest BCUT2D eigenvalue weighted by molar-refractivity contribution is 5.87. The quantitative estimate of drug-likeness (QED) is 0.333. The van der Waals surface area contributed by atoms with Gasteiger partial charge in [-0.3, -0.25) is 0 Å². The van der Waals surface area contributed by atoms with Gasteiger partial charge in [0.1, 0.15) is 12.6 Å². The number of rotatable bonds is 5. The van der Waals surface area contributed by atoms with E-state index in [0.717, 1.165) is 0 Å². The molecule has 0 saturated carbocycles. The molecule has 86 valence electrons. The molecule has 0 amide bonds. The van der Waals surface area contributed by atoms with E-state index >= 15 is 0 Å². The number of likely N-dealkylation sites (N-methyl/N-ethyl adjacent to an activating group) is 1. The number of carbonyl (C=O) groups excluding carboxylic acids is 2. The maximum atomic E-state index is 11.1. The minimum Gasteiger partial charge on any atom is -0.544 e. The highest BCUT2D eigenvalue weighted by Crippen LogP contribution is 2.04. The van der Waals surface area contributed by atoms with Crippen molar-refractivity contribution in [1.29, 1.82) is 0 Å². The molecule has 0 heterocycles. The molecule has 0 spiro atoms. The molecule has 0 fully saturated rings. The summed E-state index contributed by atoms with van der Waals surface area (Å²) < 4.78 is 4.91. The number of esters is 1. The maximum absolute atomic E-state index is 11.1. The van der Waals surface area contributed by atoms with Crippen LogP contribution in [0.1, 0.15) is 6.92 Å². The smallest absolute Gasteiger partial charge is 0.333 e. The Morgan fingerprint density at radius 3 is 2.13 bits per heavy atom. The summed E-state index contributed by atoms with van der Waals surface area (Å²) >= 11 is 0. The van der Waals surface area contributed by atoms with E-state index in [1.807, 2.05) is 0 Å². The van der Waals surface area contributed by atoms with Gasteiger partial charge in [0, 0.05) is 5.57 Å². The normalized spacial score (nSPS) is 13.1. The SMILES string of the molecule is C=C(C)C(=O)OCC(C(=O)[O-])[N+](C)(C)C. The number of carbonyl (C=O) groups is 2. The van der Waals surface area contributed by atoms with Crippen LogP contribution in [0.5, 0.6) is 0 Å². The lowest BCUT2D eigenvalue weighted by Gasteiger charge is -2.34. The third-order valence-corrected chi connectivity index (χ3v) is 1.93. The van der Waals surface area contributed by atoms with E-state index in [0.29, 0.717) is 0 Å². The fraction of sp³-hybridized carbons (Fsp3) is 0.600. The summed E-state index contributed by atoms with van der Waals surface area (Å²) in [5.74, 6) is -1.83. The third kappa shape index (κ3) is 4.60. The number of quaternary nitrogens is 1. The van der Waals surface area contributed by atoms with E-state index in [9.17, 15) is 14.7 Å². The molecular formula is C10H17NO4. The van der Waals surface area contributed by atoms with Crippen molar-refractivity contribution in [2.75, 3.05) is 27.7 Å². The van der Waals surface area contributed by atoms with Gasteiger partial charge in [0.25, 0.3) is 0 Å². The van der Waals surface area contributed by atoms with Crippen LogP contribution in [0.2, 0.25) is 0 Å². The van der Waals surface area contributed by atoms with Crippen molar-refractivity contribution < 1.29 is 23.9 Å². The second-order valence-electron chi connectivity index (χ2n) is 4.33. The summed E-state index contributed by atoms with van der Waals surface area (Å²) in [5, 5.41) is 10.8. The fourth-order valence-corrected chi connectivity index (χ4v) is 0.886. The molecule has 0 aliphatic carbocycles. The van der Waals surface area contributed by atoms with Crippen LogP contribution in [0.3, 0.4) is 0 Å². The van der Waals surface area contributed by atoms with Gasteiger partial charge in [-0.2, -0.15) is 0 Å². The standard InChI is InChI=1S/C10H17NO4/c1-7(2)10(14)15-6-8(9(12)13)11(3,4)5/h8H,1,6H2,2-5H3. The molecular weight excluding hydrogens is 198 g/mol. The predicted molar refractivity (Wildman–Crippen MR) is 52.6 cm³/mol. The van der Waals surface area contributed by atoms with E-state index in [1.165, 1.54) is 6.92 Å². The van der Waals surface area contributed by atoms with E-state index in [-0.39, 0.29) is 16.7 Å². The highest BCUT2D eigenvalue weighted by atomic mass is 16.5. The predicted octanol–water partition coefficient (Wildman–Crippen LogP) is -1.07. The lowest BCUT2D eigenvalue weighted by molar-refractivity contribution is -0.889. The number of ether oxygens (including phenoxy) is 1. The molecule has 0 aromatic heterocycles. The number of carboxylic acid groups (broad SMARTS) is 1. The molecule has 1 atom stereocenters. The highest BCUT2D eigenvalue weighted by Gasteiger charge is 2.26. The van der Waals surface area contributed by atoms with Gasteiger partial charge in [0.2, 0.25) is 0 Å². The van der Waals surface area contributed by atoms with E-state index in [1.54, 1.807) is 21.1 Å². The molecule has 5 nitrogen and oxygen atoms in total. The second kappa shape index (κ2) is 4.93. The van der Waals surface area contributed by atoms with E-state index in [4.69, 9.17) is 4.74 Å². The number of hydrogen-bond acceptors (Lipinski definition) is 4. The van der Waals surface area contributed by atoms with Gasteiger partial charge in [0.15, 0.2) is 6.04 Å². The molecule has 0 bridgehead atoms. The van der Waals surface area contributed by atoms with Crippen LogP contribution in [-0.4, -0.2) is 50.2 Å². The van der Waals surface area contributed by atoms with E-state index < -0.39 is 18.0 Å². The van der Waals surface area contributed by atoms with Gasteiger partial charge < -0.3 is 19.1 Å². The first-order chi connectivity index (χ1) is 6.66. The summed E-state index contributed by atoms with van der Waals surface area (Å²) in [4.78, 5) is 21.8. The van der Waals surface area contributed by atoms with Gasteiger partial charge in [-0.15, -0.1) is 0 Å². The van der Waals surface area contributed by atoms with Crippen molar-refractivity contribution in [3.05, 3.63) is 12.2 Å². The summed E-state index contributed by atoms with van der Waals surface area (Å²) in [6, 6.07) is -0.881. The third-order valence-electron chi connectivity index (χ3n) is 1.93. The molecule has 0 aromatic rings. The average Bonchev–Trinajstić information content (AvgIpc) is 2.00. The first-order valence-corrected chi connectivity index (χ1v) is 4.51. The minimum absolute atomic E-state index is 0.131. The van der Waals surface area contributed by atoms with Crippen LogP contribution in [0, 0.1) is 0 Å². The van der Waals surface area contributed by atoms with E-state index in [2.05, 4.69) is 6.58 Å². The summed E-state index contributed by atoms with van der Waals surface area (Å²) in [6.07, 6.45) is 0. The van der Waals surface area contributed by atoms with Gasteiger partial charge in [-0.25, -0.2) is 4.79 Å². The van der Waals surface area contributed by atoms with Crippen molar-refractivity contribution in [3.63, 3.8) is 0 Å². The molecule has 15 heavy (non-hydrogen) atoms. The molecule has 5 heteroatoms. The zero-order valence-corrected chi connectivity index (χ0v) is 9.57. The summed E-state index contributed by atoms with van der Waals surface area (Å²) in [7, 11) is 5.07. The lowest BCUT2D eigenvalue weighted by atomic mass is 10.2. The minimum atomic E-state index is -1.24. The molecule has 0 N–H and O–H groups in total. The van der Waals surface area contributed by atoms with Crippen molar-refractivity contribution in [1.82, 2.24) is 0 Å². The first kappa shape index (κ1) is 13.6. The van der Waals surface area contributed by atoms with Crippen molar-refractivity contribution >= 4 is 11.9 Å². The van der Waals surface area contributed by atoms with Crippen LogP contribution >= 0.6 is 0 Å². The molecule has 0 rings (SSSR count). The number of carboxylic acids is 1. The molecule has 0 aromatic carbocycles. The van der Waals surface area contributed by atoms with Crippen LogP contribution in [0.4, 0.5) is 0 Å². The number of nitrogens with zero attached hydrogens (tertiary/aromatic N) is 1. The Hall–Kier alpha value is -1.36. The number of aliphatic carboxylic acids is 1. The zero-order chi connectivity index (χ0) is 12.2. The van der Waals surface area contributed by atoms with Crippen molar-refractivity contribution in [2.24, 2.45) is 0 Å². The Kier molecular flexibility index (Phi) is 4.48. The largest absolute Gasteiger partial charge is 0.544 e. The zero-order valence-electron chi connectivity index (χ0n) is 9.57.